The van der Waals surface area contributed by atoms with Crippen LogP contribution in [0.5, 0.6) is 0 Å². The van der Waals surface area contributed by atoms with E-state index in [2.05, 4.69) is 17.6 Å². The molecule has 1 rings (SSSR count). The van der Waals surface area contributed by atoms with Crippen LogP contribution in [0, 0.1) is 0 Å². The molecule has 0 unspecified atom stereocenters. The normalized spacial score (nSPS) is 12.9. The molecule has 0 saturated heterocycles. The van der Waals surface area contributed by atoms with Gasteiger partial charge in [0.25, 0.3) is 0 Å². The zero-order chi connectivity index (χ0) is 10.4. The highest BCUT2D eigenvalue weighted by Crippen LogP contribution is 1.98. The molecule has 74 valence electrons. The van der Waals surface area contributed by atoms with Crippen molar-refractivity contribution < 1.29 is 9.90 Å². The van der Waals surface area contributed by atoms with E-state index in [1.807, 2.05) is 30.3 Å². The standard InChI is InChI=1S/C10H11NO2S/c12-10(13)9(7-14)11-6-8-4-2-1-3-5-8/h1-6,9,14H,7H2,(H,12,13)/t9-/m0/s1. The minimum absolute atomic E-state index is 0.207. The van der Waals surface area contributed by atoms with Crippen LogP contribution in [0.4, 0.5) is 0 Å². The Labute approximate surface area is 87.9 Å². The van der Waals surface area contributed by atoms with E-state index in [-0.39, 0.29) is 5.75 Å². The van der Waals surface area contributed by atoms with Crippen molar-refractivity contribution in [3.8, 4) is 0 Å². The largest absolute Gasteiger partial charge is 0.480 e. The highest BCUT2D eigenvalue weighted by molar-refractivity contribution is 7.80. The maximum Gasteiger partial charge on any atom is 0.329 e. The van der Waals surface area contributed by atoms with Gasteiger partial charge in [0.1, 0.15) is 0 Å². The lowest BCUT2D eigenvalue weighted by Crippen LogP contribution is -2.19. The molecule has 14 heavy (non-hydrogen) atoms. The van der Waals surface area contributed by atoms with Crippen LogP contribution in [0.3, 0.4) is 0 Å². The lowest BCUT2D eigenvalue weighted by Gasteiger charge is -2.01. The number of carboxylic acids is 1. The molecule has 0 aromatic heterocycles. The zero-order valence-corrected chi connectivity index (χ0v) is 8.39. The monoisotopic (exact) mass is 209 g/mol. The molecule has 0 aliphatic rings. The van der Waals surface area contributed by atoms with Crippen molar-refractivity contribution in [3.63, 3.8) is 0 Å². The first-order chi connectivity index (χ1) is 6.74. The van der Waals surface area contributed by atoms with Gasteiger partial charge in [-0.1, -0.05) is 30.3 Å². The Bertz CT molecular complexity index is 324. The van der Waals surface area contributed by atoms with Crippen LogP contribution in [0.2, 0.25) is 0 Å². The van der Waals surface area contributed by atoms with Crippen LogP contribution in [-0.2, 0) is 4.79 Å². The third kappa shape index (κ3) is 3.22. The molecule has 0 radical (unpaired) electrons. The first kappa shape index (κ1) is 10.8. The second kappa shape index (κ2) is 5.44. The van der Waals surface area contributed by atoms with Crippen LogP contribution in [0.1, 0.15) is 5.56 Å². The summed E-state index contributed by atoms with van der Waals surface area (Å²) < 4.78 is 0. The second-order valence-electron chi connectivity index (χ2n) is 2.73. The Kier molecular flexibility index (Phi) is 4.19. The van der Waals surface area contributed by atoms with Gasteiger partial charge in [0.05, 0.1) is 0 Å². The molecule has 1 aromatic rings. The van der Waals surface area contributed by atoms with Gasteiger partial charge in [0.2, 0.25) is 0 Å². The smallest absolute Gasteiger partial charge is 0.329 e. The average Bonchev–Trinajstić information content (AvgIpc) is 2.20. The molecule has 0 fully saturated rings. The molecule has 3 nitrogen and oxygen atoms in total. The Morgan fingerprint density at radius 3 is 2.64 bits per heavy atom. The van der Waals surface area contributed by atoms with E-state index in [9.17, 15) is 4.79 Å². The van der Waals surface area contributed by atoms with Crippen LogP contribution < -0.4 is 0 Å². The Morgan fingerprint density at radius 2 is 2.14 bits per heavy atom. The number of hydrogen-bond donors (Lipinski definition) is 2. The summed E-state index contributed by atoms with van der Waals surface area (Å²) in [6.45, 7) is 0. The lowest BCUT2D eigenvalue weighted by atomic mass is 10.2. The van der Waals surface area contributed by atoms with Gasteiger partial charge in [-0.2, -0.15) is 12.6 Å². The summed E-state index contributed by atoms with van der Waals surface area (Å²) in [4.78, 5) is 14.5. The first-order valence-corrected chi connectivity index (χ1v) is 4.79. The number of thiol groups is 1. The topological polar surface area (TPSA) is 49.7 Å². The molecule has 0 heterocycles. The molecule has 0 saturated carbocycles. The number of aliphatic carboxylic acids is 1. The highest BCUT2D eigenvalue weighted by Gasteiger charge is 2.11. The predicted molar refractivity (Wildman–Crippen MR) is 59.3 cm³/mol. The van der Waals surface area contributed by atoms with Crippen molar-refractivity contribution >= 4 is 24.8 Å². The number of carboxylic acid groups (broad SMARTS) is 1. The third-order valence-electron chi connectivity index (χ3n) is 1.66. The molecular weight excluding hydrogens is 198 g/mol. The van der Waals surface area contributed by atoms with E-state index < -0.39 is 12.0 Å². The molecule has 0 aliphatic heterocycles. The lowest BCUT2D eigenvalue weighted by molar-refractivity contribution is -0.137. The van der Waals surface area contributed by atoms with Crippen molar-refractivity contribution in [2.24, 2.45) is 4.99 Å². The van der Waals surface area contributed by atoms with Crippen LogP contribution in [-0.4, -0.2) is 29.1 Å². The van der Waals surface area contributed by atoms with Gasteiger partial charge >= 0.3 is 5.97 Å². The van der Waals surface area contributed by atoms with Crippen molar-refractivity contribution in [2.75, 3.05) is 5.75 Å². The van der Waals surface area contributed by atoms with Gasteiger partial charge in [0, 0.05) is 12.0 Å². The first-order valence-electron chi connectivity index (χ1n) is 4.16. The summed E-state index contributed by atoms with van der Waals surface area (Å²) in [6, 6.07) is 8.60. The minimum Gasteiger partial charge on any atom is -0.480 e. The SMILES string of the molecule is O=C(O)[C@H](CS)N=Cc1ccccc1. The summed E-state index contributed by atoms with van der Waals surface area (Å²) >= 11 is 3.91. The molecule has 0 spiro atoms. The van der Waals surface area contributed by atoms with Crippen molar-refractivity contribution in [2.45, 2.75) is 6.04 Å². The van der Waals surface area contributed by atoms with Crippen LogP contribution in [0.25, 0.3) is 0 Å². The minimum atomic E-state index is -0.952. The number of nitrogens with zero attached hydrogens (tertiary/aromatic N) is 1. The van der Waals surface area contributed by atoms with E-state index in [1.54, 1.807) is 6.21 Å². The summed E-state index contributed by atoms with van der Waals surface area (Å²) in [5.74, 6) is -0.745. The van der Waals surface area contributed by atoms with Crippen molar-refractivity contribution in [1.29, 1.82) is 0 Å². The predicted octanol–water partition coefficient (Wildman–Crippen LogP) is 1.49. The summed E-state index contributed by atoms with van der Waals surface area (Å²) in [6.07, 6.45) is 1.55. The van der Waals surface area contributed by atoms with Gasteiger partial charge < -0.3 is 5.11 Å². The third-order valence-corrected chi connectivity index (χ3v) is 2.01. The maximum absolute atomic E-state index is 10.6. The fourth-order valence-corrected chi connectivity index (χ4v) is 1.15. The molecule has 4 heteroatoms. The Balaban J connectivity index is 2.67. The molecule has 1 N–H and O–H groups in total. The molecule has 0 bridgehead atoms. The van der Waals surface area contributed by atoms with E-state index in [0.29, 0.717) is 0 Å². The zero-order valence-electron chi connectivity index (χ0n) is 7.50. The van der Waals surface area contributed by atoms with Gasteiger partial charge in [0.15, 0.2) is 6.04 Å². The van der Waals surface area contributed by atoms with E-state index in [4.69, 9.17) is 5.11 Å². The van der Waals surface area contributed by atoms with Gasteiger partial charge in [-0.15, -0.1) is 0 Å². The van der Waals surface area contributed by atoms with Crippen molar-refractivity contribution in [1.82, 2.24) is 0 Å². The van der Waals surface area contributed by atoms with Crippen molar-refractivity contribution in [3.05, 3.63) is 35.9 Å². The van der Waals surface area contributed by atoms with Crippen LogP contribution >= 0.6 is 12.6 Å². The quantitative estimate of drug-likeness (QED) is 0.583. The molecule has 1 atom stereocenters. The number of rotatable bonds is 4. The highest BCUT2D eigenvalue weighted by atomic mass is 32.1. The van der Waals surface area contributed by atoms with Gasteiger partial charge in [-0.25, -0.2) is 4.79 Å². The number of benzene rings is 1. The number of hydrogen-bond acceptors (Lipinski definition) is 3. The maximum atomic E-state index is 10.6. The molecule has 0 aliphatic carbocycles. The number of aliphatic imine (C=N–C) groups is 1. The average molecular weight is 209 g/mol. The number of carbonyl (C=O) groups is 1. The van der Waals surface area contributed by atoms with E-state index in [1.165, 1.54) is 0 Å². The fourth-order valence-electron chi connectivity index (χ4n) is 0.904. The molecule has 0 amide bonds. The summed E-state index contributed by atoms with van der Waals surface area (Å²) in [5.41, 5.74) is 0.889. The van der Waals surface area contributed by atoms with Gasteiger partial charge in [-0.05, 0) is 5.56 Å². The second-order valence-corrected chi connectivity index (χ2v) is 3.09. The van der Waals surface area contributed by atoms with E-state index in [0.717, 1.165) is 5.56 Å². The Morgan fingerprint density at radius 1 is 1.50 bits per heavy atom. The summed E-state index contributed by atoms with van der Waals surface area (Å²) in [5, 5.41) is 8.69. The summed E-state index contributed by atoms with van der Waals surface area (Å²) in [7, 11) is 0. The Hall–Kier alpha value is -1.29. The molecule has 1 aromatic carbocycles. The fraction of sp³-hybridized carbons (Fsp3) is 0.200. The van der Waals surface area contributed by atoms with E-state index >= 15 is 0 Å². The van der Waals surface area contributed by atoms with Crippen LogP contribution in [0.15, 0.2) is 35.3 Å². The molecular formula is C10H11NO2S. The van der Waals surface area contributed by atoms with Gasteiger partial charge in [-0.3, -0.25) is 4.99 Å².